The number of hydrogen-bond donors (Lipinski definition) is 1. The van der Waals surface area contributed by atoms with Crippen molar-refractivity contribution in [2.45, 2.75) is 51.2 Å². The number of aryl methyl sites for hydroxylation is 1. The fourth-order valence-electron chi connectivity index (χ4n) is 2.50. The first-order valence-corrected chi connectivity index (χ1v) is 7.26. The number of ketones is 1. The van der Waals surface area contributed by atoms with Gasteiger partial charge in [0.05, 0.1) is 0 Å². The van der Waals surface area contributed by atoms with E-state index >= 15 is 0 Å². The standard InChI is InChI=1S/C16H19NO3/c1-10(16(19)17-12-5-6-12)20-13-7-8-14-11(9-13)3-2-4-15(14)18/h7-10,12H,2-6H2,1H3,(H,17,19). The molecule has 4 heteroatoms. The van der Waals surface area contributed by atoms with E-state index in [0.29, 0.717) is 18.2 Å². The van der Waals surface area contributed by atoms with Gasteiger partial charge >= 0.3 is 0 Å². The van der Waals surface area contributed by atoms with Crippen LogP contribution in [0.4, 0.5) is 0 Å². The molecule has 0 aromatic heterocycles. The number of benzene rings is 1. The molecule has 1 aromatic rings. The summed E-state index contributed by atoms with van der Waals surface area (Å²) in [6, 6.07) is 5.84. The third-order valence-corrected chi connectivity index (χ3v) is 3.83. The van der Waals surface area contributed by atoms with Gasteiger partial charge in [0, 0.05) is 18.0 Å². The summed E-state index contributed by atoms with van der Waals surface area (Å²) in [6.45, 7) is 1.75. The largest absolute Gasteiger partial charge is 0.481 e. The van der Waals surface area contributed by atoms with Crippen molar-refractivity contribution in [2.24, 2.45) is 0 Å². The highest BCUT2D eigenvalue weighted by molar-refractivity contribution is 5.98. The highest BCUT2D eigenvalue weighted by Crippen LogP contribution is 2.26. The van der Waals surface area contributed by atoms with Gasteiger partial charge in [-0.25, -0.2) is 0 Å². The predicted molar refractivity (Wildman–Crippen MR) is 75.0 cm³/mol. The Morgan fingerprint density at radius 1 is 1.35 bits per heavy atom. The summed E-state index contributed by atoms with van der Waals surface area (Å²) in [4.78, 5) is 23.6. The van der Waals surface area contributed by atoms with Crippen molar-refractivity contribution >= 4 is 11.7 Å². The minimum Gasteiger partial charge on any atom is -0.481 e. The van der Waals surface area contributed by atoms with E-state index in [0.717, 1.165) is 36.8 Å². The smallest absolute Gasteiger partial charge is 0.260 e. The van der Waals surface area contributed by atoms with Gasteiger partial charge in [-0.15, -0.1) is 0 Å². The molecule has 0 radical (unpaired) electrons. The molecule has 0 bridgehead atoms. The lowest BCUT2D eigenvalue weighted by atomic mass is 9.90. The second kappa shape index (κ2) is 5.27. The average Bonchev–Trinajstić information content (AvgIpc) is 3.22. The Labute approximate surface area is 118 Å². The van der Waals surface area contributed by atoms with Gasteiger partial charge in [-0.2, -0.15) is 0 Å². The van der Waals surface area contributed by atoms with Gasteiger partial charge in [0.15, 0.2) is 11.9 Å². The van der Waals surface area contributed by atoms with Crippen LogP contribution in [0.15, 0.2) is 18.2 Å². The zero-order valence-electron chi connectivity index (χ0n) is 11.6. The predicted octanol–water partition coefficient (Wildman–Crippen LogP) is 2.25. The van der Waals surface area contributed by atoms with Gasteiger partial charge in [0.2, 0.25) is 0 Å². The van der Waals surface area contributed by atoms with Gasteiger partial charge < -0.3 is 10.1 Å². The molecule has 1 fully saturated rings. The van der Waals surface area contributed by atoms with Crippen LogP contribution >= 0.6 is 0 Å². The first-order valence-electron chi connectivity index (χ1n) is 7.26. The fourth-order valence-corrected chi connectivity index (χ4v) is 2.50. The summed E-state index contributed by atoms with van der Waals surface area (Å²) < 4.78 is 5.68. The van der Waals surface area contributed by atoms with Crippen LogP contribution in [0.3, 0.4) is 0 Å². The quantitative estimate of drug-likeness (QED) is 0.915. The summed E-state index contributed by atoms with van der Waals surface area (Å²) in [7, 11) is 0. The Morgan fingerprint density at radius 3 is 2.90 bits per heavy atom. The molecule has 20 heavy (non-hydrogen) atoms. The van der Waals surface area contributed by atoms with Crippen molar-refractivity contribution in [3.63, 3.8) is 0 Å². The van der Waals surface area contributed by atoms with Crippen LogP contribution in [0.2, 0.25) is 0 Å². The molecule has 1 unspecified atom stereocenters. The van der Waals surface area contributed by atoms with Crippen LogP contribution in [0, 0.1) is 0 Å². The number of Topliss-reactive ketones (excluding diaryl/α,β-unsaturated/α-hetero) is 1. The van der Waals surface area contributed by atoms with Crippen LogP contribution < -0.4 is 10.1 Å². The maximum atomic E-state index is 11.8. The summed E-state index contributed by atoms with van der Waals surface area (Å²) in [5, 5.41) is 2.93. The Hall–Kier alpha value is -1.84. The highest BCUT2D eigenvalue weighted by Gasteiger charge is 2.26. The number of carbonyl (C=O) groups is 2. The van der Waals surface area contributed by atoms with Crippen LogP contribution in [0.1, 0.15) is 48.5 Å². The lowest BCUT2D eigenvalue weighted by Gasteiger charge is -2.18. The fraction of sp³-hybridized carbons (Fsp3) is 0.500. The number of carbonyl (C=O) groups excluding carboxylic acids is 2. The summed E-state index contributed by atoms with van der Waals surface area (Å²) >= 11 is 0. The number of nitrogens with one attached hydrogen (secondary N) is 1. The molecule has 0 spiro atoms. The summed E-state index contributed by atoms with van der Waals surface area (Å²) in [5.74, 6) is 0.801. The maximum absolute atomic E-state index is 11.8. The average molecular weight is 273 g/mol. The molecular weight excluding hydrogens is 254 g/mol. The van der Waals surface area contributed by atoms with Gasteiger partial charge in [-0.1, -0.05) is 0 Å². The molecule has 106 valence electrons. The van der Waals surface area contributed by atoms with E-state index in [1.54, 1.807) is 13.0 Å². The Bertz CT molecular complexity index is 549. The SMILES string of the molecule is CC(Oc1ccc2c(c1)CCCC2=O)C(=O)NC1CC1. The molecular formula is C16H19NO3. The van der Waals surface area contributed by atoms with E-state index in [1.807, 2.05) is 12.1 Å². The van der Waals surface area contributed by atoms with Crippen LogP contribution in [0.25, 0.3) is 0 Å². The number of rotatable bonds is 4. The first-order chi connectivity index (χ1) is 9.63. The molecule has 0 aliphatic heterocycles. The van der Waals surface area contributed by atoms with Gasteiger partial charge in [-0.3, -0.25) is 9.59 Å². The number of ether oxygens (including phenoxy) is 1. The molecule has 2 aliphatic carbocycles. The molecule has 2 aliphatic rings. The van der Waals surface area contributed by atoms with Crippen LogP contribution in [-0.4, -0.2) is 23.8 Å². The number of hydrogen-bond acceptors (Lipinski definition) is 3. The minimum absolute atomic E-state index is 0.0682. The normalized spacial score (nSPS) is 19.1. The van der Waals surface area contributed by atoms with Gasteiger partial charge in [0.25, 0.3) is 5.91 Å². The minimum atomic E-state index is -0.507. The molecule has 0 heterocycles. The van der Waals surface area contributed by atoms with E-state index < -0.39 is 6.10 Å². The van der Waals surface area contributed by atoms with E-state index in [2.05, 4.69) is 5.32 Å². The number of amides is 1. The van der Waals surface area contributed by atoms with Gasteiger partial charge in [-0.05, 0) is 56.4 Å². The third kappa shape index (κ3) is 2.84. The zero-order chi connectivity index (χ0) is 14.1. The molecule has 1 N–H and O–H groups in total. The molecule has 1 saturated carbocycles. The highest BCUT2D eigenvalue weighted by atomic mass is 16.5. The van der Waals surface area contributed by atoms with Crippen molar-refractivity contribution in [2.75, 3.05) is 0 Å². The third-order valence-electron chi connectivity index (χ3n) is 3.83. The molecule has 4 nitrogen and oxygen atoms in total. The van der Waals surface area contributed by atoms with E-state index in [-0.39, 0.29) is 11.7 Å². The van der Waals surface area contributed by atoms with Crippen molar-refractivity contribution in [3.05, 3.63) is 29.3 Å². The molecule has 3 rings (SSSR count). The Balaban J connectivity index is 1.67. The molecule has 1 amide bonds. The van der Waals surface area contributed by atoms with Crippen LogP contribution in [-0.2, 0) is 11.2 Å². The summed E-state index contributed by atoms with van der Waals surface area (Å²) in [5.41, 5.74) is 1.84. The summed E-state index contributed by atoms with van der Waals surface area (Å²) in [6.07, 6.45) is 4.06. The van der Waals surface area contributed by atoms with Crippen molar-refractivity contribution in [1.82, 2.24) is 5.32 Å². The maximum Gasteiger partial charge on any atom is 0.260 e. The Morgan fingerprint density at radius 2 is 2.15 bits per heavy atom. The first kappa shape index (κ1) is 13.2. The van der Waals surface area contributed by atoms with Crippen molar-refractivity contribution in [1.29, 1.82) is 0 Å². The second-order valence-electron chi connectivity index (χ2n) is 5.64. The van der Waals surface area contributed by atoms with Crippen molar-refractivity contribution < 1.29 is 14.3 Å². The Kier molecular flexibility index (Phi) is 3.47. The zero-order valence-corrected chi connectivity index (χ0v) is 11.6. The van der Waals surface area contributed by atoms with E-state index in [9.17, 15) is 9.59 Å². The van der Waals surface area contributed by atoms with E-state index in [1.165, 1.54) is 0 Å². The van der Waals surface area contributed by atoms with Gasteiger partial charge in [0.1, 0.15) is 5.75 Å². The van der Waals surface area contributed by atoms with E-state index in [4.69, 9.17) is 4.74 Å². The molecule has 1 atom stereocenters. The second-order valence-corrected chi connectivity index (χ2v) is 5.64. The van der Waals surface area contributed by atoms with Crippen molar-refractivity contribution in [3.8, 4) is 5.75 Å². The lowest BCUT2D eigenvalue weighted by Crippen LogP contribution is -2.37. The van der Waals surface area contributed by atoms with Crippen LogP contribution in [0.5, 0.6) is 5.75 Å². The molecule has 0 saturated heterocycles. The monoisotopic (exact) mass is 273 g/mol. The topological polar surface area (TPSA) is 55.4 Å². The lowest BCUT2D eigenvalue weighted by molar-refractivity contribution is -0.127. The number of fused-ring (bicyclic) bond motifs is 1. The molecule has 1 aromatic carbocycles.